The largest absolute Gasteiger partial charge is 0.457 e. The topological polar surface area (TPSA) is 113 Å². The van der Waals surface area contributed by atoms with Gasteiger partial charge in [-0.1, -0.05) is 64.2 Å². The number of allylic oxidation sites excluding steroid dienone is 4. The van der Waals surface area contributed by atoms with Crippen molar-refractivity contribution in [2.45, 2.75) is 111 Å². The lowest BCUT2D eigenvalue weighted by Crippen LogP contribution is -2.42. The lowest BCUT2D eigenvalue weighted by Gasteiger charge is -2.32. The molecule has 0 aromatic heterocycles. The fraction of sp³-hybridized carbons (Fsp3) is 0.667. The zero-order valence-corrected chi connectivity index (χ0v) is 23.6. The molecule has 0 bridgehead atoms. The molecule has 0 saturated carbocycles. The summed E-state index contributed by atoms with van der Waals surface area (Å²) in [5.41, 5.74) is -0.571. The third kappa shape index (κ3) is 12.2. The van der Waals surface area contributed by atoms with E-state index in [4.69, 9.17) is 9.47 Å². The molecule has 1 aliphatic heterocycles. The summed E-state index contributed by atoms with van der Waals surface area (Å²) >= 11 is 0. The molecule has 210 valence electrons. The fourth-order valence-corrected chi connectivity index (χ4v) is 4.21. The van der Waals surface area contributed by atoms with E-state index in [0.29, 0.717) is 0 Å². The van der Waals surface area contributed by atoms with E-state index in [1.807, 2.05) is 45.9 Å². The molecule has 1 heterocycles. The van der Waals surface area contributed by atoms with Crippen LogP contribution in [0.5, 0.6) is 0 Å². The SMILES string of the molecule is CCC(O)C(C)/C=C/CC(C)/C=C/C=C(\C)C1OC(=O)CC(O)CCC(C)(O)C(OC(C)=O)/C=C\C1C. The first-order valence-corrected chi connectivity index (χ1v) is 13.4. The molecule has 0 amide bonds. The second-order valence-corrected chi connectivity index (χ2v) is 10.7. The first-order valence-electron chi connectivity index (χ1n) is 13.4. The summed E-state index contributed by atoms with van der Waals surface area (Å²) in [4.78, 5) is 24.2. The van der Waals surface area contributed by atoms with Gasteiger partial charge in [0.05, 0.1) is 18.6 Å². The van der Waals surface area contributed by atoms with Crippen LogP contribution >= 0.6 is 0 Å². The third-order valence-electron chi connectivity index (χ3n) is 6.84. The number of aliphatic hydroxyl groups excluding tert-OH is 2. The van der Waals surface area contributed by atoms with Gasteiger partial charge in [0, 0.05) is 12.8 Å². The maximum absolute atomic E-state index is 12.6. The monoisotopic (exact) mass is 520 g/mol. The Balaban J connectivity index is 3.05. The summed E-state index contributed by atoms with van der Waals surface area (Å²) in [5, 5.41) is 31.1. The normalized spacial score (nSPS) is 31.7. The Kier molecular flexibility index (Phi) is 14.1. The quantitative estimate of drug-likeness (QED) is 0.227. The highest BCUT2D eigenvalue weighted by Crippen LogP contribution is 2.27. The van der Waals surface area contributed by atoms with Gasteiger partial charge in [0.25, 0.3) is 0 Å². The maximum atomic E-state index is 12.6. The van der Waals surface area contributed by atoms with Gasteiger partial charge in [-0.05, 0) is 63.0 Å². The average molecular weight is 521 g/mol. The van der Waals surface area contributed by atoms with Gasteiger partial charge in [-0.3, -0.25) is 9.59 Å². The number of hydrogen-bond donors (Lipinski definition) is 3. The van der Waals surface area contributed by atoms with Gasteiger partial charge < -0.3 is 24.8 Å². The molecule has 7 heteroatoms. The molecule has 37 heavy (non-hydrogen) atoms. The van der Waals surface area contributed by atoms with Crippen molar-refractivity contribution in [1.82, 2.24) is 0 Å². The van der Waals surface area contributed by atoms with Gasteiger partial charge in [0.1, 0.15) is 17.8 Å². The van der Waals surface area contributed by atoms with Crippen molar-refractivity contribution in [2.24, 2.45) is 17.8 Å². The molecule has 0 aromatic carbocycles. The van der Waals surface area contributed by atoms with Crippen LogP contribution in [0.3, 0.4) is 0 Å². The Morgan fingerprint density at radius 2 is 1.95 bits per heavy atom. The second-order valence-electron chi connectivity index (χ2n) is 10.7. The van der Waals surface area contributed by atoms with Crippen LogP contribution < -0.4 is 0 Å². The van der Waals surface area contributed by atoms with Crippen LogP contribution in [-0.2, 0) is 19.1 Å². The zero-order valence-electron chi connectivity index (χ0n) is 23.6. The second kappa shape index (κ2) is 15.9. The Labute approximate surface area is 222 Å². The smallest absolute Gasteiger partial charge is 0.309 e. The Morgan fingerprint density at radius 3 is 2.57 bits per heavy atom. The first kappa shape index (κ1) is 32.8. The number of cyclic esters (lactones) is 1. The van der Waals surface area contributed by atoms with Crippen molar-refractivity contribution in [3.63, 3.8) is 0 Å². The van der Waals surface area contributed by atoms with Gasteiger partial charge in [0.2, 0.25) is 0 Å². The van der Waals surface area contributed by atoms with E-state index in [0.717, 1.165) is 18.4 Å². The van der Waals surface area contributed by atoms with Crippen molar-refractivity contribution < 1.29 is 34.4 Å². The number of carbonyl (C=O) groups is 2. The fourth-order valence-electron chi connectivity index (χ4n) is 4.21. The van der Waals surface area contributed by atoms with Crippen LogP contribution in [0, 0.1) is 17.8 Å². The van der Waals surface area contributed by atoms with E-state index in [-0.39, 0.29) is 43.1 Å². The summed E-state index contributed by atoms with van der Waals surface area (Å²) in [7, 11) is 0. The molecule has 7 nitrogen and oxygen atoms in total. The third-order valence-corrected chi connectivity index (χ3v) is 6.84. The molecule has 0 aliphatic carbocycles. The van der Waals surface area contributed by atoms with Crippen LogP contribution in [0.4, 0.5) is 0 Å². The summed E-state index contributed by atoms with van der Waals surface area (Å²) in [6.07, 6.45) is 12.4. The van der Waals surface area contributed by atoms with Crippen LogP contribution in [0.2, 0.25) is 0 Å². The van der Waals surface area contributed by atoms with Crippen molar-refractivity contribution in [2.75, 3.05) is 0 Å². The number of esters is 2. The molecule has 1 rings (SSSR count). The van der Waals surface area contributed by atoms with E-state index in [1.165, 1.54) is 6.92 Å². The van der Waals surface area contributed by atoms with Gasteiger partial charge >= 0.3 is 11.9 Å². The van der Waals surface area contributed by atoms with Gasteiger partial charge in [-0.25, -0.2) is 0 Å². The zero-order chi connectivity index (χ0) is 28.2. The van der Waals surface area contributed by atoms with E-state index in [2.05, 4.69) is 19.1 Å². The minimum absolute atomic E-state index is 0.122. The minimum Gasteiger partial charge on any atom is -0.457 e. The van der Waals surface area contributed by atoms with Crippen LogP contribution in [-0.4, -0.2) is 57.3 Å². The highest BCUT2D eigenvalue weighted by Gasteiger charge is 2.35. The van der Waals surface area contributed by atoms with Gasteiger partial charge in [-0.15, -0.1) is 0 Å². The summed E-state index contributed by atoms with van der Waals surface area (Å²) in [6.45, 7) is 12.7. The standard InChI is InChI=1S/C30H48O7/c1-8-26(33)21(3)13-9-11-20(2)12-10-14-22(4)29-23(5)15-16-27(36-24(6)31)30(7,35)18-17-25(32)19-28(34)37-29/h9-10,12-16,20-21,23,25-27,29,32-33,35H,8,11,17-19H2,1-7H3/b12-10+,13-9+,16-15-,22-14+. The molecule has 0 spiro atoms. The van der Waals surface area contributed by atoms with Crippen LogP contribution in [0.25, 0.3) is 0 Å². The average Bonchev–Trinajstić information content (AvgIpc) is 2.82. The van der Waals surface area contributed by atoms with Gasteiger partial charge in [0.15, 0.2) is 0 Å². The Hall–Kier alpha value is -2.22. The predicted octanol–water partition coefficient (Wildman–Crippen LogP) is 4.81. The highest BCUT2D eigenvalue weighted by atomic mass is 16.6. The molecule has 1 aliphatic rings. The summed E-state index contributed by atoms with van der Waals surface area (Å²) in [5.74, 6) is -0.890. The van der Waals surface area contributed by atoms with Crippen LogP contribution in [0.15, 0.2) is 48.1 Å². The van der Waals surface area contributed by atoms with Crippen LogP contribution in [0.1, 0.15) is 80.6 Å². The molecular weight excluding hydrogens is 472 g/mol. The molecular formula is C30H48O7. The molecule has 0 saturated heterocycles. The number of hydrogen-bond acceptors (Lipinski definition) is 7. The highest BCUT2D eigenvalue weighted by molar-refractivity contribution is 5.70. The first-order chi connectivity index (χ1) is 17.3. The molecule has 8 atom stereocenters. The van der Waals surface area contributed by atoms with Crippen molar-refractivity contribution >= 4 is 11.9 Å². The summed E-state index contributed by atoms with van der Waals surface area (Å²) in [6, 6.07) is 0. The number of ether oxygens (including phenoxy) is 2. The minimum atomic E-state index is -1.40. The lowest BCUT2D eigenvalue weighted by molar-refractivity contribution is -0.157. The van der Waals surface area contributed by atoms with E-state index in [9.17, 15) is 24.9 Å². The Bertz CT molecular complexity index is 839. The van der Waals surface area contributed by atoms with Crippen molar-refractivity contribution in [3.05, 3.63) is 48.1 Å². The Morgan fingerprint density at radius 1 is 1.27 bits per heavy atom. The molecule has 0 aromatic rings. The molecule has 8 unspecified atom stereocenters. The number of carbonyl (C=O) groups excluding carboxylic acids is 2. The predicted molar refractivity (Wildman–Crippen MR) is 145 cm³/mol. The van der Waals surface area contributed by atoms with Gasteiger partial charge in [-0.2, -0.15) is 0 Å². The van der Waals surface area contributed by atoms with E-state index in [1.54, 1.807) is 19.1 Å². The number of aliphatic hydroxyl groups is 3. The molecule has 0 fully saturated rings. The summed E-state index contributed by atoms with van der Waals surface area (Å²) < 4.78 is 11.1. The number of rotatable bonds is 9. The lowest BCUT2D eigenvalue weighted by atomic mass is 9.88. The van der Waals surface area contributed by atoms with E-state index < -0.39 is 35.9 Å². The molecule has 0 radical (unpaired) electrons. The van der Waals surface area contributed by atoms with Crippen molar-refractivity contribution in [1.29, 1.82) is 0 Å². The molecule has 3 N–H and O–H groups in total. The maximum Gasteiger partial charge on any atom is 0.309 e. The van der Waals surface area contributed by atoms with Crippen molar-refractivity contribution in [3.8, 4) is 0 Å². The van der Waals surface area contributed by atoms with E-state index >= 15 is 0 Å².